The maximum atomic E-state index is 12.4. The quantitative estimate of drug-likeness (QED) is 0.310. The van der Waals surface area contributed by atoms with Crippen LogP contribution in [-0.4, -0.2) is 35.1 Å². The third kappa shape index (κ3) is 5.36. The van der Waals surface area contributed by atoms with E-state index >= 15 is 0 Å². The highest BCUT2D eigenvalue weighted by atomic mass is 16.5. The van der Waals surface area contributed by atoms with Gasteiger partial charge in [-0.25, -0.2) is 4.79 Å². The summed E-state index contributed by atoms with van der Waals surface area (Å²) in [6.45, 7) is 5.86. The van der Waals surface area contributed by atoms with Crippen molar-refractivity contribution in [1.29, 1.82) is 0 Å². The van der Waals surface area contributed by atoms with Gasteiger partial charge in [0.05, 0.1) is 12.7 Å². The zero-order chi connectivity index (χ0) is 25.7. The van der Waals surface area contributed by atoms with Crippen LogP contribution in [0.25, 0.3) is 28.5 Å². The highest BCUT2D eigenvalue weighted by molar-refractivity contribution is 5.99. The molecular weight excluding hydrogens is 460 g/mol. The molecule has 4 rings (SSSR count). The summed E-state index contributed by atoms with van der Waals surface area (Å²) in [6.07, 6.45) is 0. The zero-order valence-corrected chi connectivity index (χ0v) is 19.6. The van der Waals surface area contributed by atoms with Crippen molar-refractivity contribution < 1.29 is 23.5 Å². The molecule has 0 radical (unpaired) electrons. The number of hydrazine groups is 1. The van der Waals surface area contributed by atoms with E-state index in [1.54, 1.807) is 24.3 Å². The van der Waals surface area contributed by atoms with Crippen molar-refractivity contribution in [3.8, 4) is 22.9 Å². The van der Waals surface area contributed by atoms with Gasteiger partial charge in [-0.1, -0.05) is 24.3 Å². The summed E-state index contributed by atoms with van der Waals surface area (Å²) in [7, 11) is 1.27. The molecule has 0 aliphatic carbocycles. The number of aromatic nitrogens is 2. The second-order valence-corrected chi connectivity index (χ2v) is 7.82. The van der Waals surface area contributed by atoms with E-state index in [1.165, 1.54) is 31.4 Å². The Kier molecular flexibility index (Phi) is 7.01. The molecule has 1 aromatic heterocycles. The molecule has 0 saturated carbocycles. The van der Waals surface area contributed by atoms with Crippen LogP contribution in [-0.2, 0) is 4.74 Å². The summed E-state index contributed by atoms with van der Waals surface area (Å²) < 4.78 is 10.4. The maximum absolute atomic E-state index is 12.4. The number of nitrogens with one attached hydrogen (secondary N) is 2. The van der Waals surface area contributed by atoms with Crippen LogP contribution in [0.15, 0.2) is 83.8 Å². The molecule has 0 spiro atoms. The summed E-state index contributed by atoms with van der Waals surface area (Å²) in [5.41, 5.74) is 9.00. The van der Waals surface area contributed by atoms with Crippen LogP contribution in [0.2, 0.25) is 0 Å². The van der Waals surface area contributed by atoms with Gasteiger partial charge in [-0.2, -0.15) is 0 Å². The third-order valence-corrected chi connectivity index (χ3v) is 5.30. The molecule has 2 N–H and O–H groups in total. The molecule has 0 bridgehead atoms. The van der Waals surface area contributed by atoms with Crippen LogP contribution in [0.5, 0.6) is 0 Å². The van der Waals surface area contributed by atoms with Crippen LogP contribution >= 0.6 is 0 Å². The van der Waals surface area contributed by atoms with E-state index in [1.807, 2.05) is 31.2 Å². The van der Waals surface area contributed by atoms with Gasteiger partial charge < -0.3 is 9.15 Å². The second-order valence-electron chi connectivity index (χ2n) is 7.82. The molecular formula is C27H22N4O5. The molecule has 3 aromatic carbocycles. The normalized spacial score (nSPS) is 10.4. The molecule has 0 aliphatic rings. The number of amides is 2. The van der Waals surface area contributed by atoms with Crippen molar-refractivity contribution in [3.63, 3.8) is 0 Å². The Hall–Kier alpha value is -5.05. The lowest BCUT2D eigenvalue weighted by molar-refractivity contribution is 0.0600. The lowest BCUT2D eigenvalue weighted by Crippen LogP contribution is -2.41. The van der Waals surface area contributed by atoms with Crippen LogP contribution < -0.4 is 10.9 Å². The van der Waals surface area contributed by atoms with Crippen molar-refractivity contribution in [2.24, 2.45) is 0 Å². The average molecular weight is 482 g/mol. The second kappa shape index (κ2) is 10.5. The molecule has 0 fully saturated rings. The highest BCUT2D eigenvalue weighted by Crippen LogP contribution is 2.25. The van der Waals surface area contributed by atoms with Crippen LogP contribution in [0.1, 0.15) is 43.6 Å². The number of esters is 1. The number of carbonyl (C=O) groups is 3. The van der Waals surface area contributed by atoms with Crippen molar-refractivity contribution in [1.82, 2.24) is 21.0 Å². The molecule has 1 heterocycles. The minimum atomic E-state index is -0.536. The van der Waals surface area contributed by atoms with Gasteiger partial charge in [0, 0.05) is 22.3 Å². The summed E-state index contributed by atoms with van der Waals surface area (Å²) >= 11 is 0. The lowest BCUT2D eigenvalue weighted by Gasteiger charge is -2.08. The van der Waals surface area contributed by atoms with Gasteiger partial charge in [0.1, 0.15) is 0 Å². The number of hydrogen-bond acceptors (Lipinski definition) is 7. The number of hydrogen-bond donors (Lipinski definition) is 2. The molecule has 0 atom stereocenters. The average Bonchev–Trinajstić information content (AvgIpc) is 3.41. The molecule has 9 heteroatoms. The summed E-state index contributed by atoms with van der Waals surface area (Å²) in [6, 6.07) is 20.0. The predicted octanol–water partition coefficient (Wildman–Crippen LogP) is 4.30. The summed E-state index contributed by atoms with van der Waals surface area (Å²) in [4.78, 5) is 36.2. The summed E-state index contributed by atoms with van der Waals surface area (Å²) in [5, 5.41) is 8.19. The minimum Gasteiger partial charge on any atom is -0.465 e. The topological polar surface area (TPSA) is 123 Å². The first-order valence-corrected chi connectivity index (χ1v) is 10.8. The Bertz CT molecular complexity index is 1420. The SMILES string of the molecule is C=C(C)c1ccc(-c2nnc(-c3ccc(C(=O)NNC(=O)c4ccc(C(=O)OC)cc4)cc3)o2)cc1. The van der Waals surface area contributed by atoms with Crippen LogP contribution in [0, 0.1) is 0 Å². The first-order chi connectivity index (χ1) is 17.4. The number of allylic oxidation sites excluding steroid dienone is 1. The van der Waals surface area contributed by atoms with E-state index in [0.29, 0.717) is 28.5 Å². The molecule has 180 valence electrons. The van der Waals surface area contributed by atoms with Crippen molar-refractivity contribution in [2.75, 3.05) is 7.11 Å². The Labute approximate surface area is 206 Å². The minimum absolute atomic E-state index is 0.264. The van der Waals surface area contributed by atoms with E-state index in [9.17, 15) is 14.4 Å². The van der Waals surface area contributed by atoms with Crippen LogP contribution in [0.3, 0.4) is 0 Å². The highest BCUT2D eigenvalue weighted by Gasteiger charge is 2.14. The number of rotatable bonds is 6. The molecule has 0 aliphatic heterocycles. The fraction of sp³-hybridized carbons (Fsp3) is 0.0741. The van der Waals surface area contributed by atoms with E-state index < -0.39 is 17.8 Å². The third-order valence-electron chi connectivity index (χ3n) is 5.30. The molecule has 36 heavy (non-hydrogen) atoms. The molecule has 0 saturated heterocycles. The van der Waals surface area contributed by atoms with E-state index in [0.717, 1.165) is 16.7 Å². The Morgan fingerprint density at radius 3 is 1.50 bits per heavy atom. The largest absolute Gasteiger partial charge is 0.465 e. The van der Waals surface area contributed by atoms with Gasteiger partial charge >= 0.3 is 5.97 Å². The Balaban J connectivity index is 1.36. The fourth-order valence-corrected chi connectivity index (χ4v) is 3.25. The van der Waals surface area contributed by atoms with E-state index in [2.05, 4.69) is 32.4 Å². The number of ether oxygens (including phenoxy) is 1. The van der Waals surface area contributed by atoms with Crippen LogP contribution in [0.4, 0.5) is 0 Å². The van der Waals surface area contributed by atoms with E-state index in [4.69, 9.17) is 4.42 Å². The zero-order valence-electron chi connectivity index (χ0n) is 19.6. The van der Waals surface area contributed by atoms with Crippen molar-refractivity contribution >= 4 is 23.4 Å². The molecule has 9 nitrogen and oxygen atoms in total. The van der Waals surface area contributed by atoms with Gasteiger partial charge in [-0.3, -0.25) is 20.4 Å². The number of benzene rings is 3. The van der Waals surface area contributed by atoms with Crippen molar-refractivity contribution in [2.45, 2.75) is 6.92 Å². The van der Waals surface area contributed by atoms with Gasteiger partial charge in [-0.05, 0) is 73.2 Å². The van der Waals surface area contributed by atoms with Gasteiger partial charge in [0.2, 0.25) is 11.8 Å². The number of carbonyl (C=O) groups excluding carboxylic acids is 3. The molecule has 4 aromatic rings. The van der Waals surface area contributed by atoms with Crippen molar-refractivity contribution in [3.05, 3.63) is 102 Å². The smallest absolute Gasteiger partial charge is 0.337 e. The predicted molar refractivity (Wildman–Crippen MR) is 133 cm³/mol. The van der Waals surface area contributed by atoms with Gasteiger partial charge in [-0.15, -0.1) is 10.2 Å². The number of nitrogens with zero attached hydrogens (tertiary/aromatic N) is 2. The Morgan fingerprint density at radius 2 is 1.08 bits per heavy atom. The van der Waals surface area contributed by atoms with Gasteiger partial charge in [0.15, 0.2) is 0 Å². The standard InChI is InChI=1S/C27H22N4O5/c1-16(2)17-4-10-20(11-5-17)25-30-31-26(36-25)21-12-6-18(7-13-21)23(32)28-29-24(33)19-8-14-22(15-9-19)27(34)35-3/h4-15H,1H2,2-3H3,(H,28,32)(H,29,33). The Morgan fingerprint density at radius 1 is 0.694 bits per heavy atom. The first kappa shape index (κ1) is 24.1. The molecule has 0 unspecified atom stereocenters. The summed E-state index contributed by atoms with van der Waals surface area (Å²) in [5.74, 6) is -0.865. The fourth-order valence-electron chi connectivity index (χ4n) is 3.25. The van der Waals surface area contributed by atoms with Gasteiger partial charge in [0.25, 0.3) is 11.8 Å². The number of methoxy groups -OCH3 is 1. The maximum Gasteiger partial charge on any atom is 0.337 e. The lowest BCUT2D eigenvalue weighted by atomic mass is 10.1. The molecule has 2 amide bonds. The van der Waals surface area contributed by atoms with E-state index in [-0.39, 0.29) is 5.56 Å². The monoisotopic (exact) mass is 482 g/mol. The first-order valence-electron chi connectivity index (χ1n) is 10.8.